The van der Waals surface area contributed by atoms with E-state index in [0.717, 1.165) is 5.69 Å². The van der Waals surface area contributed by atoms with Gasteiger partial charge in [-0.15, -0.1) is 0 Å². The van der Waals surface area contributed by atoms with Gasteiger partial charge in [0.25, 0.3) is 0 Å². The van der Waals surface area contributed by atoms with Crippen molar-refractivity contribution in [2.24, 2.45) is 11.8 Å². The van der Waals surface area contributed by atoms with Crippen LogP contribution >= 0.6 is 11.6 Å². The van der Waals surface area contributed by atoms with Gasteiger partial charge in [-0.3, -0.25) is 4.79 Å². The summed E-state index contributed by atoms with van der Waals surface area (Å²) in [6, 6.07) is 7.27. The van der Waals surface area contributed by atoms with Crippen molar-refractivity contribution < 1.29 is 4.79 Å². The Kier molecular flexibility index (Phi) is 4.65. The van der Waals surface area contributed by atoms with Crippen LogP contribution in [0, 0.1) is 11.8 Å². The van der Waals surface area contributed by atoms with Crippen LogP contribution in [0.2, 0.25) is 5.02 Å². The third-order valence-electron chi connectivity index (χ3n) is 3.88. The van der Waals surface area contributed by atoms with Crippen LogP contribution in [0.25, 0.3) is 0 Å². The van der Waals surface area contributed by atoms with Gasteiger partial charge in [-0.25, -0.2) is 0 Å². The Bertz CT molecular complexity index is 395. The summed E-state index contributed by atoms with van der Waals surface area (Å²) in [5.41, 5.74) is 0.826. The zero-order chi connectivity index (χ0) is 13.0. The van der Waals surface area contributed by atoms with E-state index in [0.29, 0.717) is 10.9 Å². The van der Waals surface area contributed by atoms with Crippen molar-refractivity contribution in [3.8, 4) is 0 Å². The average molecular weight is 266 g/mol. The van der Waals surface area contributed by atoms with Crippen LogP contribution in [0.4, 0.5) is 5.69 Å². The third kappa shape index (κ3) is 3.49. The summed E-state index contributed by atoms with van der Waals surface area (Å²) in [7, 11) is 0. The first-order valence-corrected chi connectivity index (χ1v) is 7.11. The Labute approximate surface area is 114 Å². The second-order valence-corrected chi connectivity index (χ2v) is 5.62. The summed E-state index contributed by atoms with van der Waals surface area (Å²) in [6.07, 6.45) is 6.24. The van der Waals surface area contributed by atoms with Gasteiger partial charge < -0.3 is 5.32 Å². The zero-order valence-electron chi connectivity index (χ0n) is 10.8. The molecule has 1 amide bonds. The number of benzene rings is 1. The molecule has 0 saturated heterocycles. The van der Waals surface area contributed by atoms with Crippen molar-refractivity contribution in [3.63, 3.8) is 0 Å². The quantitative estimate of drug-likeness (QED) is 0.857. The van der Waals surface area contributed by atoms with Crippen LogP contribution in [0.15, 0.2) is 24.3 Å². The first-order chi connectivity index (χ1) is 8.66. The van der Waals surface area contributed by atoms with Crippen molar-refractivity contribution >= 4 is 23.2 Å². The molecule has 0 aromatic heterocycles. The summed E-state index contributed by atoms with van der Waals surface area (Å²) in [6.45, 7) is 2.04. The number of carbonyl (C=O) groups is 1. The predicted molar refractivity (Wildman–Crippen MR) is 75.8 cm³/mol. The minimum atomic E-state index is 0.0981. The van der Waals surface area contributed by atoms with Gasteiger partial charge in [-0.1, -0.05) is 37.8 Å². The Morgan fingerprint density at radius 1 is 1.22 bits per heavy atom. The minimum absolute atomic E-state index is 0.0981. The standard InChI is InChI=1S/C15H20ClNO/c1-11(12-5-3-2-4-6-12)15(18)17-14-9-7-13(16)8-10-14/h7-12H,2-6H2,1H3,(H,17,18). The summed E-state index contributed by atoms with van der Waals surface area (Å²) >= 11 is 5.82. The molecule has 1 aromatic rings. The Morgan fingerprint density at radius 3 is 2.44 bits per heavy atom. The van der Waals surface area contributed by atoms with Crippen molar-refractivity contribution in [3.05, 3.63) is 29.3 Å². The predicted octanol–water partition coefficient (Wildman–Crippen LogP) is 4.49. The fourth-order valence-electron chi connectivity index (χ4n) is 2.64. The summed E-state index contributed by atoms with van der Waals surface area (Å²) in [4.78, 5) is 12.2. The summed E-state index contributed by atoms with van der Waals surface area (Å²) < 4.78 is 0. The van der Waals surface area contributed by atoms with Gasteiger partial charge in [0.05, 0.1) is 0 Å². The molecule has 3 heteroatoms. The highest BCUT2D eigenvalue weighted by Gasteiger charge is 2.25. The molecule has 1 unspecified atom stereocenters. The fourth-order valence-corrected chi connectivity index (χ4v) is 2.76. The van der Waals surface area contributed by atoms with Crippen molar-refractivity contribution in [2.75, 3.05) is 5.32 Å². The lowest BCUT2D eigenvalue weighted by Crippen LogP contribution is -2.28. The number of halogens is 1. The smallest absolute Gasteiger partial charge is 0.227 e. The van der Waals surface area contributed by atoms with E-state index in [4.69, 9.17) is 11.6 Å². The molecule has 1 N–H and O–H groups in total. The van der Waals surface area contributed by atoms with Crippen LogP contribution in [-0.2, 0) is 4.79 Å². The number of hydrogen-bond acceptors (Lipinski definition) is 1. The van der Waals surface area contributed by atoms with Gasteiger partial charge in [0.15, 0.2) is 0 Å². The molecule has 1 aliphatic rings. The number of nitrogens with one attached hydrogen (secondary N) is 1. The molecule has 1 fully saturated rings. The summed E-state index contributed by atoms with van der Waals surface area (Å²) in [5, 5.41) is 3.66. The zero-order valence-corrected chi connectivity index (χ0v) is 11.5. The monoisotopic (exact) mass is 265 g/mol. The minimum Gasteiger partial charge on any atom is -0.326 e. The van der Waals surface area contributed by atoms with Gasteiger partial charge in [0.1, 0.15) is 0 Å². The average Bonchev–Trinajstić information content (AvgIpc) is 2.41. The van der Waals surface area contributed by atoms with E-state index in [-0.39, 0.29) is 11.8 Å². The van der Waals surface area contributed by atoms with Crippen molar-refractivity contribution in [1.82, 2.24) is 0 Å². The molecule has 0 bridgehead atoms. The molecule has 1 aromatic carbocycles. The topological polar surface area (TPSA) is 29.1 Å². The molecule has 0 radical (unpaired) electrons. The molecule has 98 valence electrons. The molecule has 18 heavy (non-hydrogen) atoms. The van der Waals surface area contributed by atoms with E-state index >= 15 is 0 Å². The van der Waals surface area contributed by atoms with Crippen LogP contribution in [0.1, 0.15) is 39.0 Å². The maximum Gasteiger partial charge on any atom is 0.227 e. The molecule has 1 atom stereocenters. The molecule has 0 heterocycles. The number of carbonyl (C=O) groups excluding carboxylic acids is 1. The van der Waals surface area contributed by atoms with Gasteiger partial charge in [-0.05, 0) is 43.0 Å². The SMILES string of the molecule is CC(C(=O)Nc1ccc(Cl)cc1)C1CCCCC1. The maximum atomic E-state index is 12.2. The molecule has 0 aliphatic heterocycles. The molecule has 1 saturated carbocycles. The van der Waals surface area contributed by atoms with Gasteiger partial charge in [-0.2, -0.15) is 0 Å². The lowest BCUT2D eigenvalue weighted by Gasteiger charge is -2.26. The van der Waals surface area contributed by atoms with Gasteiger partial charge in [0.2, 0.25) is 5.91 Å². The number of hydrogen-bond donors (Lipinski definition) is 1. The Balaban J connectivity index is 1.92. The van der Waals surface area contributed by atoms with Crippen LogP contribution in [0.5, 0.6) is 0 Å². The first kappa shape index (κ1) is 13.4. The second-order valence-electron chi connectivity index (χ2n) is 5.18. The van der Waals surface area contributed by atoms with Crippen LogP contribution < -0.4 is 5.32 Å². The molecular weight excluding hydrogens is 246 g/mol. The van der Waals surface area contributed by atoms with E-state index in [2.05, 4.69) is 5.32 Å². The molecule has 2 nitrogen and oxygen atoms in total. The number of amides is 1. The highest BCUT2D eigenvalue weighted by Crippen LogP contribution is 2.30. The second kappa shape index (κ2) is 6.24. The lowest BCUT2D eigenvalue weighted by atomic mass is 9.80. The summed E-state index contributed by atoms with van der Waals surface area (Å²) in [5.74, 6) is 0.774. The maximum absolute atomic E-state index is 12.2. The Morgan fingerprint density at radius 2 is 1.83 bits per heavy atom. The van der Waals surface area contributed by atoms with E-state index in [1.807, 2.05) is 19.1 Å². The first-order valence-electron chi connectivity index (χ1n) is 6.73. The van der Waals surface area contributed by atoms with Crippen molar-refractivity contribution in [2.45, 2.75) is 39.0 Å². The molecule has 2 rings (SSSR count). The highest BCUT2D eigenvalue weighted by atomic mass is 35.5. The normalized spacial score (nSPS) is 18.3. The van der Waals surface area contributed by atoms with Crippen LogP contribution in [0.3, 0.4) is 0 Å². The molecular formula is C15H20ClNO. The third-order valence-corrected chi connectivity index (χ3v) is 4.13. The highest BCUT2D eigenvalue weighted by molar-refractivity contribution is 6.30. The molecule has 0 spiro atoms. The largest absolute Gasteiger partial charge is 0.326 e. The van der Waals surface area contributed by atoms with Gasteiger partial charge in [0, 0.05) is 16.6 Å². The Hall–Kier alpha value is -1.02. The van der Waals surface area contributed by atoms with E-state index in [9.17, 15) is 4.79 Å². The van der Waals surface area contributed by atoms with E-state index < -0.39 is 0 Å². The van der Waals surface area contributed by atoms with Crippen molar-refractivity contribution in [1.29, 1.82) is 0 Å². The molecule has 1 aliphatic carbocycles. The fraction of sp³-hybridized carbons (Fsp3) is 0.533. The van der Waals surface area contributed by atoms with Gasteiger partial charge >= 0.3 is 0 Å². The number of rotatable bonds is 3. The van der Waals surface area contributed by atoms with Crippen LogP contribution in [-0.4, -0.2) is 5.91 Å². The van der Waals surface area contributed by atoms with E-state index in [1.54, 1.807) is 12.1 Å². The number of anilines is 1. The van der Waals surface area contributed by atoms with E-state index in [1.165, 1.54) is 32.1 Å². The lowest BCUT2D eigenvalue weighted by molar-refractivity contribution is -0.121.